The maximum Gasteiger partial charge on any atom is 0.340 e. The molecule has 2 aromatic rings. The van der Waals surface area contributed by atoms with Crippen LogP contribution in [0.4, 0.5) is 5.69 Å². The number of ether oxygens (including phenoxy) is 2. The number of anilines is 1. The number of hydrogen-bond acceptors (Lipinski definition) is 6. The average molecular weight is 559 g/mol. The van der Waals surface area contributed by atoms with Gasteiger partial charge in [-0.1, -0.05) is 62.2 Å². The van der Waals surface area contributed by atoms with E-state index in [-0.39, 0.29) is 53.3 Å². The van der Waals surface area contributed by atoms with E-state index in [4.69, 9.17) is 9.47 Å². The molecule has 2 amide bonds. The van der Waals surface area contributed by atoms with Gasteiger partial charge in [-0.3, -0.25) is 9.59 Å². The lowest BCUT2D eigenvalue weighted by Gasteiger charge is -2.60. The van der Waals surface area contributed by atoms with Crippen LogP contribution in [-0.4, -0.2) is 61.6 Å². The molecule has 0 radical (unpaired) electrons. The number of piperidine rings is 1. The fourth-order valence-corrected chi connectivity index (χ4v) is 8.11. The Bertz CT molecular complexity index is 1280. The maximum atomic E-state index is 13.6. The van der Waals surface area contributed by atoms with Crippen molar-refractivity contribution in [2.24, 2.45) is 16.7 Å². The van der Waals surface area contributed by atoms with Crippen molar-refractivity contribution in [3.8, 4) is 0 Å². The molecule has 2 bridgehead atoms. The van der Waals surface area contributed by atoms with Gasteiger partial charge in [0.1, 0.15) is 6.61 Å². The second kappa shape index (κ2) is 11.7. The van der Waals surface area contributed by atoms with Gasteiger partial charge in [0.05, 0.1) is 17.4 Å². The van der Waals surface area contributed by atoms with E-state index in [0.717, 1.165) is 76.1 Å². The minimum Gasteiger partial charge on any atom is -0.461 e. The Morgan fingerprint density at radius 1 is 0.976 bits per heavy atom. The number of benzene rings is 2. The molecular weight excluding hydrogens is 516 g/mol. The summed E-state index contributed by atoms with van der Waals surface area (Å²) < 4.78 is 12.8. The van der Waals surface area contributed by atoms with E-state index in [1.54, 1.807) is 31.2 Å². The van der Waals surface area contributed by atoms with E-state index in [9.17, 15) is 14.4 Å². The number of hydrogen-bond donors (Lipinski definition) is 0. The normalized spacial score (nSPS) is 30.1. The number of carbonyl (C=O) groups excluding carboxylic acids is 3. The van der Waals surface area contributed by atoms with E-state index < -0.39 is 5.97 Å². The number of carbonyl (C=O) groups is 3. The van der Waals surface area contributed by atoms with Crippen LogP contribution in [0.25, 0.3) is 0 Å². The van der Waals surface area contributed by atoms with Gasteiger partial charge in [0.15, 0.2) is 0 Å². The third-order valence-electron chi connectivity index (χ3n) is 9.90. The van der Waals surface area contributed by atoms with Gasteiger partial charge >= 0.3 is 5.97 Å². The Morgan fingerprint density at radius 2 is 1.76 bits per heavy atom. The van der Waals surface area contributed by atoms with Crippen LogP contribution in [0.3, 0.4) is 0 Å². The third kappa shape index (κ3) is 5.46. The summed E-state index contributed by atoms with van der Waals surface area (Å²) in [4.78, 5) is 42.8. The first-order valence-corrected chi connectivity index (χ1v) is 15.4. The molecule has 3 saturated heterocycles. The summed E-state index contributed by atoms with van der Waals surface area (Å²) in [5.41, 5.74) is 1.77. The monoisotopic (exact) mass is 558 g/mol. The molecule has 7 heteroatoms. The van der Waals surface area contributed by atoms with Crippen LogP contribution >= 0.6 is 0 Å². The predicted molar refractivity (Wildman–Crippen MR) is 157 cm³/mol. The molecule has 2 aromatic carbocycles. The Hall–Kier alpha value is -3.03. The lowest BCUT2D eigenvalue weighted by Crippen LogP contribution is -2.66. The summed E-state index contributed by atoms with van der Waals surface area (Å²) in [6.45, 7) is 5.69. The smallest absolute Gasteiger partial charge is 0.340 e. The summed E-state index contributed by atoms with van der Waals surface area (Å²) in [6, 6.07) is 17.5. The van der Waals surface area contributed by atoms with Gasteiger partial charge in [0.25, 0.3) is 0 Å². The molecule has 218 valence electrons. The summed E-state index contributed by atoms with van der Waals surface area (Å²) in [5.74, 6) is -1.41. The van der Waals surface area contributed by atoms with Crippen LogP contribution < -0.4 is 4.90 Å². The van der Waals surface area contributed by atoms with Crippen LogP contribution in [0.1, 0.15) is 74.2 Å². The van der Waals surface area contributed by atoms with E-state index in [2.05, 4.69) is 35.2 Å². The van der Waals surface area contributed by atoms with Gasteiger partial charge in [-0.05, 0) is 62.8 Å². The highest BCUT2D eigenvalue weighted by Gasteiger charge is 2.59. The number of imide groups is 1. The first kappa shape index (κ1) is 28.1. The average Bonchev–Trinajstić information content (AvgIpc) is 3.11. The van der Waals surface area contributed by atoms with Gasteiger partial charge in [0.2, 0.25) is 11.8 Å². The molecule has 1 unspecified atom stereocenters. The minimum absolute atomic E-state index is 0.0715. The lowest BCUT2D eigenvalue weighted by atomic mass is 9.55. The highest BCUT2D eigenvalue weighted by atomic mass is 16.5. The predicted octanol–water partition coefficient (Wildman–Crippen LogP) is 5.42. The zero-order chi connectivity index (χ0) is 28.5. The molecule has 4 atom stereocenters. The number of rotatable bonds is 8. The number of para-hydroxylation sites is 1. The molecule has 6 rings (SSSR count). The van der Waals surface area contributed by atoms with Crippen molar-refractivity contribution >= 4 is 23.5 Å². The van der Waals surface area contributed by atoms with Gasteiger partial charge in [-0.2, -0.15) is 0 Å². The third-order valence-corrected chi connectivity index (χ3v) is 9.90. The number of likely N-dealkylation sites (tertiary alicyclic amines) is 1. The summed E-state index contributed by atoms with van der Waals surface area (Å²) in [6.07, 6.45) is 9.01. The molecule has 3 aliphatic heterocycles. The van der Waals surface area contributed by atoms with Crippen molar-refractivity contribution in [3.63, 3.8) is 0 Å². The quantitative estimate of drug-likeness (QED) is 0.318. The molecule has 4 fully saturated rings. The molecule has 1 aliphatic carbocycles. The van der Waals surface area contributed by atoms with Crippen molar-refractivity contribution in [2.75, 3.05) is 37.7 Å². The zero-order valence-electron chi connectivity index (χ0n) is 24.2. The number of amides is 2. The van der Waals surface area contributed by atoms with Crippen molar-refractivity contribution in [1.82, 2.24) is 4.90 Å². The Morgan fingerprint density at radius 3 is 2.56 bits per heavy atom. The van der Waals surface area contributed by atoms with Gasteiger partial charge < -0.3 is 14.4 Å². The molecule has 3 heterocycles. The van der Waals surface area contributed by atoms with Crippen molar-refractivity contribution in [1.29, 1.82) is 0 Å². The van der Waals surface area contributed by atoms with Crippen LogP contribution in [0.2, 0.25) is 0 Å². The van der Waals surface area contributed by atoms with Crippen LogP contribution in [0.5, 0.6) is 0 Å². The zero-order valence-corrected chi connectivity index (χ0v) is 24.2. The SMILES string of the molecule is CC1CC(=O)N(c2ccccc2C(=O)OC[C@]23CCC[C@@]4(CCCCO[C@@H]42)CN(CCCc2ccccc2)C3)C1=O. The standard InChI is InChI=1S/C34H42N2O5/c1-25-21-29(37)36(30(25)38)28-15-6-5-14-27(28)31(39)41-24-34-18-10-17-33(16-7-8-20-40-32(33)34)22-35(23-34)19-9-13-26-11-3-2-4-12-26/h2-6,11-12,14-15,25,32H,7-10,13,16-24H2,1H3/t25?,32-,33-,34+/m0/s1. The second-order valence-corrected chi connectivity index (χ2v) is 12.9. The largest absolute Gasteiger partial charge is 0.461 e. The van der Waals surface area contributed by atoms with Crippen LogP contribution in [-0.2, 0) is 25.5 Å². The minimum atomic E-state index is -0.485. The molecule has 41 heavy (non-hydrogen) atoms. The topological polar surface area (TPSA) is 76.2 Å². The van der Waals surface area contributed by atoms with Crippen molar-refractivity contribution in [2.45, 2.75) is 70.8 Å². The van der Waals surface area contributed by atoms with Crippen molar-refractivity contribution in [3.05, 3.63) is 65.7 Å². The molecule has 0 aromatic heterocycles. The fraction of sp³-hybridized carbons (Fsp3) is 0.559. The van der Waals surface area contributed by atoms with Gasteiger partial charge in [-0.15, -0.1) is 0 Å². The van der Waals surface area contributed by atoms with Crippen molar-refractivity contribution < 1.29 is 23.9 Å². The molecule has 7 nitrogen and oxygen atoms in total. The Kier molecular flexibility index (Phi) is 8.01. The van der Waals surface area contributed by atoms with E-state index in [1.807, 2.05) is 0 Å². The Labute approximate surface area is 243 Å². The second-order valence-electron chi connectivity index (χ2n) is 12.9. The number of esters is 1. The van der Waals surface area contributed by atoms with Crippen LogP contribution in [0.15, 0.2) is 54.6 Å². The highest BCUT2D eigenvalue weighted by molar-refractivity contribution is 6.22. The molecule has 0 N–H and O–H groups in total. The fourth-order valence-electron chi connectivity index (χ4n) is 8.11. The van der Waals surface area contributed by atoms with Gasteiger partial charge in [0, 0.05) is 42.9 Å². The molecular formula is C34H42N2O5. The molecule has 0 spiro atoms. The van der Waals surface area contributed by atoms with E-state index in [1.165, 1.54) is 12.0 Å². The van der Waals surface area contributed by atoms with E-state index >= 15 is 0 Å². The van der Waals surface area contributed by atoms with Gasteiger partial charge in [-0.25, -0.2) is 9.69 Å². The van der Waals surface area contributed by atoms with E-state index in [0.29, 0.717) is 5.69 Å². The first-order valence-electron chi connectivity index (χ1n) is 15.4. The number of aryl methyl sites for hydroxylation is 1. The summed E-state index contributed by atoms with van der Waals surface area (Å²) >= 11 is 0. The highest BCUT2D eigenvalue weighted by Crippen LogP contribution is 2.56. The lowest BCUT2D eigenvalue weighted by molar-refractivity contribution is -0.200. The molecule has 4 aliphatic rings. The first-order chi connectivity index (χ1) is 19.9. The molecule has 1 saturated carbocycles. The maximum absolute atomic E-state index is 13.6. The number of nitrogens with zero attached hydrogens (tertiary/aromatic N) is 2. The summed E-state index contributed by atoms with van der Waals surface area (Å²) in [5, 5.41) is 0. The summed E-state index contributed by atoms with van der Waals surface area (Å²) in [7, 11) is 0. The Balaban J connectivity index is 1.21. The van der Waals surface area contributed by atoms with Crippen LogP contribution in [0, 0.1) is 16.7 Å².